The summed E-state index contributed by atoms with van der Waals surface area (Å²) < 4.78 is 0. The molecule has 0 aliphatic carbocycles. The fraction of sp³-hybridized carbons (Fsp3) is 0. The molecule has 2 heterocycles. The number of hydrogen-bond donors (Lipinski definition) is 2. The van der Waals surface area contributed by atoms with Gasteiger partial charge in [-0.05, 0) is 12.1 Å². The second-order valence-corrected chi connectivity index (χ2v) is 4.38. The van der Waals surface area contributed by atoms with Crippen molar-refractivity contribution in [2.75, 3.05) is 0 Å². The number of fused-ring (bicyclic) bond motifs is 1. The summed E-state index contributed by atoms with van der Waals surface area (Å²) in [6.45, 7) is 0. The number of aromatic amines is 2. The van der Waals surface area contributed by atoms with Gasteiger partial charge in [-0.15, -0.1) is 0 Å². The minimum absolute atomic E-state index is 0.272. The van der Waals surface area contributed by atoms with Crippen LogP contribution in [0.2, 0.25) is 10.0 Å². The van der Waals surface area contributed by atoms with Crippen LogP contribution in [0.25, 0.3) is 22.6 Å². The van der Waals surface area contributed by atoms with Gasteiger partial charge in [-0.2, -0.15) is 5.10 Å². The van der Waals surface area contributed by atoms with E-state index in [0.29, 0.717) is 26.8 Å². The molecular weight excluding hydrogens is 277 g/mol. The molecule has 2 N–H and O–H groups in total. The average molecular weight is 282 g/mol. The maximum Gasteiger partial charge on any atom is 0.259 e. The standard InChI is InChI=1S/C10H5Cl2N5O/c11-4-1-5-7(6(12)2-4)15-9(16-10(5)18)8-13-3-14-17-8/h1-3H,(H,13,14,17)(H,15,16,18). The van der Waals surface area contributed by atoms with Crippen molar-refractivity contribution in [1.29, 1.82) is 0 Å². The maximum atomic E-state index is 11.9. The predicted octanol–water partition coefficient (Wildman–Crippen LogP) is 2.01. The minimum Gasteiger partial charge on any atom is -0.303 e. The highest BCUT2D eigenvalue weighted by Crippen LogP contribution is 2.25. The van der Waals surface area contributed by atoms with E-state index in [1.807, 2.05) is 0 Å². The van der Waals surface area contributed by atoms with Gasteiger partial charge in [0, 0.05) is 5.02 Å². The van der Waals surface area contributed by atoms with E-state index in [1.165, 1.54) is 18.5 Å². The Morgan fingerprint density at radius 3 is 2.72 bits per heavy atom. The topological polar surface area (TPSA) is 87.3 Å². The van der Waals surface area contributed by atoms with E-state index < -0.39 is 0 Å². The Morgan fingerprint density at radius 1 is 1.17 bits per heavy atom. The Hall–Kier alpha value is -1.92. The Balaban J connectivity index is 2.38. The van der Waals surface area contributed by atoms with E-state index >= 15 is 0 Å². The largest absolute Gasteiger partial charge is 0.303 e. The van der Waals surface area contributed by atoms with Gasteiger partial charge in [0.25, 0.3) is 5.56 Å². The predicted molar refractivity (Wildman–Crippen MR) is 67.8 cm³/mol. The number of nitrogens with zero attached hydrogens (tertiary/aromatic N) is 3. The van der Waals surface area contributed by atoms with Crippen molar-refractivity contribution in [3.63, 3.8) is 0 Å². The molecule has 0 unspecified atom stereocenters. The lowest BCUT2D eigenvalue weighted by Crippen LogP contribution is -2.10. The second kappa shape index (κ2) is 4.08. The van der Waals surface area contributed by atoms with Crippen molar-refractivity contribution >= 4 is 34.1 Å². The van der Waals surface area contributed by atoms with E-state index in [0.717, 1.165) is 0 Å². The summed E-state index contributed by atoms with van der Waals surface area (Å²) in [5.41, 5.74) is 0.0343. The highest BCUT2D eigenvalue weighted by atomic mass is 35.5. The van der Waals surface area contributed by atoms with Crippen LogP contribution >= 0.6 is 23.2 Å². The normalized spacial score (nSPS) is 11.0. The summed E-state index contributed by atoms with van der Waals surface area (Å²) in [4.78, 5) is 22.7. The van der Waals surface area contributed by atoms with Crippen molar-refractivity contribution in [2.24, 2.45) is 0 Å². The molecule has 1 aromatic carbocycles. The SMILES string of the molecule is O=c1[nH]c(-c2ncn[nH]2)nc2c(Cl)cc(Cl)cc12. The number of hydrogen-bond acceptors (Lipinski definition) is 4. The zero-order chi connectivity index (χ0) is 12.7. The lowest BCUT2D eigenvalue weighted by atomic mass is 10.2. The molecular formula is C10H5Cl2N5O. The van der Waals surface area contributed by atoms with Crippen LogP contribution in [0.4, 0.5) is 0 Å². The first kappa shape index (κ1) is 11.2. The number of benzene rings is 1. The summed E-state index contributed by atoms with van der Waals surface area (Å²) in [7, 11) is 0. The number of H-pyrrole nitrogens is 2. The van der Waals surface area contributed by atoms with Crippen LogP contribution in [0, 0.1) is 0 Å². The zero-order valence-electron chi connectivity index (χ0n) is 8.74. The van der Waals surface area contributed by atoms with E-state index in [1.54, 1.807) is 0 Å². The Morgan fingerprint density at radius 2 is 2.00 bits per heavy atom. The van der Waals surface area contributed by atoms with Gasteiger partial charge in [0.15, 0.2) is 11.6 Å². The average Bonchev–Trinajstić information content (AvgIpc) is 2.83. The van der Waals surface area contributed by atoms with E-state index in [2.05, 4.69) is 25.1 Å². The van der Waals surface area contributed by atoms with Crippen LogP contribution in [0.3, 0.4) is 0 Å². The second-order valence-electron chi connectivity index (χ2n) is 3.53. The van der Waals surface area contributed by atoms with Crippen LogP contribution in [0.1, 0.15) is 0 Å². The molecule has 18 heavy (non-hydrogen) atoms. The third-order valence-corrected chi connectivity index (χ3v) is 2.87. The van der Waals surface area contributed by atoms with Crippen molar-refractivity contribution in [1.82, 2.24) is 25.1 Å². The highest BCUT2D eigenvalue weighted by Gasteiger charge is 2.11. The maximum absolute atomic E-state index is 11.9. The number of halogens is 2. The minimum atomic E-state index is -0.337. The zero-order valence-corrected chi connectivity index (χ0v) is 10.2. The molecule has 0 aliphatic rings. The molecule has 0 atom stereocenters. The molecule has 3 rings (SSSR count). The summed E-state index contributed by atoms with van der Waals surface area (Å²) in [5.74, 6) is 0.634. The molecule has 0 aliphatic heterocycles. The van der Waals surface area contributed by atoms with Crippen LogP contribution in [0.15, 0.2) is 23.3 Å². The van der Waals surface area contributed by atoms with E-state index in [4.69, 9.17) is 23.2 Å². The third kappa shape index (κ3) is 1.75. The summed E-state index contributed by atoms with van der Waals surface area (Å²) in [6.07, 6.45) is 1.32. The van der Waals surface area contributed by atoms with Gasteiger partial charge in [-0.25, -0.2) is 9.97 Å². The molecule has 2 aromatic heterocycles. The smallest absolute Gasteiger partial charge is 0.259 e. The Bertz CT molecular complexity index is 781. The van der Waals surface area contributed by atoms with Crippen molar-refractivity contribution in [3.8, 4) is 11.6 Å². The molecule has 0 bridgehead atoms. The van der Waals surface area contributed by atoms with Gasteiger partial charge >= 0.3 is 0 Å². The summed E-state index contributed by atoms with van der Waals surface area (Å²) >= 11 is 11.9. The molecule has 0 spiro atoms. The first-order chi connectivity index (χ1) is 8.65. The lowest BCUT2D eigenvalue weighted by molar-refractivity contribution is 1.06. The Kier molecular flexibility index (Phi) is 2.53. The van der Waals surface area contributed by atoms with Gasteiger partial charge in [0.05, 0.1) is 15.9 Å². The van der Waals surface area contributed by atoms with Crippen molar-refractivity contribution in [3.05, 3.63) is 38.9 Å². The van der Waals surface area contributed by atoms with Gasteiger partial charge in [-0.1, -0.05) is 23.2 Å². The molecule has 0 amide bonds. The molecule has 0 radical (unpaired) electrons. The van der Waals surface area contributed by atoms with Gasteiger partial charge in [-0.3, -0.25) is 9.89 Å². The first-order valence-corrected chi connectivity index (χ1v) is 5.65. The first-order valence-electron chi connectivity index (χ1n) is 4.90. The Labute approximate surface area is 110 Å². The van der Waals surface area contributed by atoms with Crippen molar-refractivity contribution < 1.29 is 0 Å². The molecule has 8 heteroatoms. The highest BCUT2D eigenvalue weighted by molar-refractivity contribution is 6.38. The van der Waals surface area contributed by atoms with E-state index in [9.17, 15) is 4.79 Å². The summed E-state index contributed by atoms with van der Waals surface area (Å²) in [6, 6.07) is 3.04. The number of aromatic nitrogens is 5. The molecule has 0 saturated carbocycles. The van der Waals surface area contributed by atoms with Gasteiger partial charge < -0.3 is 4.98 Å². The molecule has 0 saturated heterocycles. The van der Waals surface area contributed by atoms with Gasteiger partial charge in [0.2, 0.25) is 0 Å². The fourth-order valence-electron chi connectivity index (χ4n) is 1.60. The quantitative estimate of drug-likeness (QED) is 0.714. The molecule has 6 nitrogen and oxygen atoms in total. The lowest BCUT2D eigenvalue weighted by Gasteiger charge is -2.02. The molecule has 3 aromatic rings. The van der Waals surface area contributed by atoms with Crippen LogP contribution in [-0.4, -0.2) is 25.1 Å². The van der Waals surface area contributed by atoms with Crippen LogP contribution in [-0.2, 0) is 0 Å². The van der Waals surface area contributed by atoms with Crippen molar-refractivity contribution in [2.45, 2.75) is 0 Å². The molecule has 0 fully saturated rings. The number of rotatable bonds is 1. The fourth-order valence-corrected chi connectivity index (χ4v) is 2.13. The third-order valence-electron chi connectivity index (χ3n) is 2.37. The number of nitrogens with one attached hydrogen (secondary N) is 2. The van der Waals surface area contributed by atoms with Gasteiger partial charge in [0.1, 0.15) is 6.33 Å². The molecule has 90 valence electrons. The monoisotopic (exact) mass is 281 g/mol. The summed E-state index contributed by atoms with van der Waals surface area (Å²) in [5, 5.41) is 7.33. The van der Waals surface area contributed by atoms with Crippen LogP contribution < -0.4 is 5.56 Å². The van der Waals surface area contributed by atoms with E-state index in [-0.39, 0.29) is 11.4 Å². The van der Waals surface area contributed by atoms with Crippen LogP contribution in [0.5, 0.6) is 0 Å².